The highest BCUT2D eigenvalue weighted by atomic mass is 16.2. The monoisotopic (exact) mass is 299 g/mol. The fourth-order valence-corrected chi connectivity index (χ4v) is 2.45. The average molecular weight is 299 g/mol. The number of nitrogens with one attached hydrogen (secondary N) is 1. The summed E-state index contributed by atoms with van der Waals surface area (Å²) < 4.78 is 0. The highest BCUT2D eigenvalue weighted by Crippen LogP contribution is 2.19. The van der Waals surface area contributed by atoms with E-state index in [-0.39, 0.29) is 5.91 Å². The fourth-order valence-electron chi connectivity index (χ4n) is 2.45. The molecule has 2 aromatic rings. The topological polar surface area (TPSA) is 98.2 Å². The highest BCUT2D eigenvalue weighted by molar-refractivity contribution is 5.90. The number of fused-ring (bicyclic) bond motifs is 1. The number of benzene rings is 2. The van der Waals surface area contributed by atoms with Crippen molar-refractivity contribution >= 4 is 22.6 Å². The van der Waals surface area contributed by atoms with E-state index in [2.05, 4.69) is 5.32 Å². The maximum atomic E-state index is 12.1. The van der Waals surface area contributed by atoms with Gasteiger partial charge < -0.3 is 16.8 Å². The van der Waals surface area contributed by atoms with Crippen LogP contribution in [0.25, 0.3) is 10.8 Å². The Labute approximate surface area is 129 Å². The molecule has 2 rings (SSSR count). The number of nitrogens with two attached hydrogens (primary N) is 2. The van der Waals surface area contributed by atoms with Crippen molar-refractivity contribution in [3.63, 3.8) is 0 Å². The van der Waals surface area contributed by atoms with Crippen LogP contribution >= 0.6 is 0 Å². The van der Waals surface area contributed by atoms with Crippen molar-refractivity contribution < 1.29 is 9.59 Å². The van der Waals surface area contributed by atoms with E-state index in [1.54, 1.807) is 6.92 Å². The van der Waals surface area contributed by atoms with Crippen molar-refractivity contribution in [1.29, 1.82) is 0 Å². The summed E-state index contributed by atoms with van der Waals surface area (Å²) in [6.45, 7) is 1.78. The van der Waals surface area contributed by atoms with Crippen LogP contribution in [0.1, 0.15) is 18.9 Å². The minimum atomic E-state index is -0.723. The molecule has 116 valence electrons. The van der Waals surface area contributed by atoms with Crippen LogP contribution in [0.3, 0.4) is 0 Å². The van der Waals surface area contributed by atoms with E-state index in [4.69, 9.17) is 11.5 Å². The fraction of sp³-hybridized carbons (Fsp3) is 0.294. The molecule has 0 fully saturated rings. The van der Waals surface area contributed by atoms with Crippen molar-refractivity contribution in [3.8, 4) is 0 Å². The molecule has 0 bridgehead atoms. The second-order valence-electron chi connectivity index (χ2n) is 5.32. The van der Waals surface area contributed by atoms with Gasteiger partial charge in [-0.3, -0.25) is 9.59 Å². The molecule has 2 aromatic carbocycles. The summed E-state index contributed by atoms with van der Waals surface area (Å²) in [6.07, 6.45) is 0.852. The van der Waals surface area contributed by atoms with Crippen LogP contribution in [0.2, 0.25) is 0 Å². The first-order chi connectivity index (χ1) is 10.5. The van der Waals surface area contributed by atoms with Crippen LogP contribution in [0.4, 0.5) is 0 Å². The van der Waals surface area contributed by atoms with Crippen LogP contribution in [0.15, 0.2) is 42.5 Å². The molecule has 1 unspecified atom stereocenters. The zero-order chi connectivity index (χ0) is 16.1. The van der Waals surface area contributed by atoms with Gasteiger partial charge in [-0.1, -0.05) is 49.4 Å². The van der Waals surface area contributed by atoms with Crippen molar-refractivity contribution in [2.45, 2.75) is 31.8 Å². The van der Waals surface area contributed by atoms with E-state index < -0.39 is 18.0 Å². The van der Waals surface area contributed by atoms with E-state index in [0.29, 0.717) is 12.8 Å². The lowest BCUT2D eigenvalue weighted by Gasteiger charge is -2.18. The zero-order valence-electron chi connectivity index (χ0n) is 12.6. The van der Waals surface area contributed by atoms with Gasteiger partial charge in [0.2, 0.25) is 11.8 Å². The zero-order valence-corrected chi connectivity index (χ0v) is 12.6. The first-order valence-corrected chi connectivity index (χ1v) is 7.34. The third-order valence-electron chi connectivity index (χ3n) is 3.72. The molecule has 0 aliphatic carbocycles. The van der Waals surface area contributed by atoms with E-state index in [1.807, 2.05) is 42.5 Å². The number of hydrogen-bond acceptors (Lipinski definition) is 3. The Morgan fingerprint density at radius 1 is 1.14 bits per heavy atom. The molecule has 0 aliphatic heterocycles. The summed E-state index contributed by atoms with van der Waals surface area (Å²) in [6, 6.07) is 12.5. The Hall–Kier alpha value is -2.40. The lowest BCUT2D eigenvalue weighted by Crippen LogP contribution is -2.50. The van der Waals surface area contributed by atoms with Crippen LogP contribution in [0.5, 0.6) is 0 Å². The number of hydrogen-bond donors (Lipinski definition) is 3. The van der Waals surface area contributed by atoms with Crippen molar-refractivity contribution in [1.82, 2.24) is 5.32 Å². The maximum Gasteiger partial charge on any atom is 0.239 e. The molecule has 0 saturated carbocycles. The standard InChI is InChI=1S/C17H21N3O2/c1-2-15(16(19)21)20-17(22)14(18)10-12-8-5-7-11-6-3-4-9-13(11)12/h3-9,14-15H,2,10,18H2,1H3,(H2,19,21)(H,20,22)/t14?,15-/m0/s1. The van der Waals surface area contributed by atoms with Crippen molar-refractivity contribution in [2.24, 2.45) is 11.5 Å². The van der Waals surface area contributed by atoms with Gasteiger partial charge in [0.15, 0.2) is 0 Å². The molecule has 5 N–H and O–H groups in total. The Balaban J connectivity index is 2.12. The molecular formula is C17H21N3O2. The second kappa shape index (κ2) is 7.04. The van der Waals surface area contributed by atoms with Gasteiger partial charge in [-0.15, -0.1) is 0 Å². The van der Waals surface area contributed by atoms with Gasteiger partial charge in [-0.2, -0.15) is 0 Å². The number of primary amides is 1. The molecular weight excluding hydrogens is 278 g/mol. The molecule has 0 spiro atoms. The summed E-state index contributed by atoms with van der Waals surface area (Å²) in [5.41, 5.74) is 12.2. The Morgan fingerprint density at radius 3 is 2.50 bits per heavy atom. The van der Waals surface area contributed by atoms with Crippen molar-refractivity contribution in [3.05, 3.63) is 48.0 Å². The molecule has 2 amide bonds. The van der Waals surface area contributed by atoms with Crippen molar-refractivity contribution in [2.75, 3.05) is 0 Å². The van der Waals surface area contributed by atoms with E-state index in [9.17, 15) is 9.59 Å². The second-order valence-corrected chi connectivity index (χ2v) is 5.32. The molecule has 5 nitrogen and oxygen atoms in total. The third kappa shape index (κ3) is 3.62. The smallest absolute Gasteiger partial charge is 0.239 e. The van der Waals surface area contributed by atoms with Crippen LogP contribution < -0.4 is 16.8 Å². The molecule has 2 atom stereocenters. The normalized spacial score (nSPS) is 13.5. The minimum absolute atomic E-state index is 0.362. The van der Waals surface area contributed by atoms with Gasteiger partial charge in [0.1, 0.15) is 6.04 Å². The van der Waals surface area contributed by atoms with Crippen LogP contribution in [-0.2, 0) is 16.0 Å². The van der Waals surface area contributed by atoms with E-state index in [0.717, 1.165) is 16.3 Å². The molecule has 0 radical (unpaired) electrons. The quantitative estimate of drug-likeness (QED) is 0.744. The van der Waals surface area contributed by atoms with E-state index >= 15 is 0 Å². The predicted octanol–water partition coefficient (Wildman–Crippen LogP) is 1.09. The lowest BCUT2D eigenvalue weighted by molar-refractivity contribution is -0.128. The van der Waals surface area contributed by atoms with Gasteiger partial charge in [-0.25, -0.2) is 0 Å². The molecule has 22 heavy (non-hydrogen) atoms. The summed E-state index contributed by atoms with van der Waals surface area (Å²) in [4.78, 5) is 23.3. The van der Waals surface area contributed by atoms with Gasteiger partial charge in [0.25, 0.3) is 0 Å². The number of carbonyl (C=O) groups excluding carboxylic acids is 2. The number of carbonyl (C=O) groups is 2. The Morgan fingerprint density at radius 2 is 1.82 bits per heavy atom. The minimum Gasteiger partial charge on any atom is -0.368 e. The van der Waals surface area contributed by atoms with Gasteiger partial charge in [0.05, 0.1) is 6.04 Å². The van der Waals surface area contributed by atoms with E-state index in [1.165, 1.54) is 0 Å². The van der Waals surface area contributed by atoms with Gasteiger partial charge in [-0.05, 0) is 29.2 Å². The van der Waals surface area contributed by atoms with Crippen LogP contribution in [0, 0.1) is 0 Å². The van der Waals surface area contributed by atoms with Gasteiger partial charge in [0, 0.05) is 0 Å². The first kappa shape index (κ1) is 16.0. The average Bonchev–Trinajstić information content (AvgIpc) is 2.52. The summed E-state index contributed by atoms with van der Waals surface area (Å²) >= 11 is 0. The first-order valence-electron chi connectivity index (χ1n) is 7.34. The molecule has 0 heterocycles. The predicted molar refractivity (Wildman–Crippen MR) is 87.0 cm³/mol. The van der Waals surface area contributed by atoms with Gasteiger partial charge >= 0.3 is 0 Å². The van der Waals surface area contributed by atoms with Crippen LogP contribution in [-0.4, -0.2) is 23.9 Å². The summed E-state index contributed by atoms with van der Waals surface area (Å²) in [7, 11) is 0. The Kier molecular flexibility index (Phi) is 5.12. The largest absolute Gasteiger partial charge is 0.368 e. The summed E-state index contributed by atoms with van der Waals surface area (Å²) in [5.74, 6) is -0.910. The number of rotatable bonds is 6. The lowest BCUT2D eigenvalue weighted by atomic mass is 9.98. The maximum absolute atomic E-state index is 12.1. The molecule has 5 heteroatoms. The molecule has 0 aromatic heterocycles. The molecule has 0 aliphatic rings. The third-order valence-corrected chi connectivity index (χ3v) is 3.72. The SMILES string of the molecule is CC[C@H](NC(=O)C(N)Cc1cccc2ccccc12)C(N)=O. The Bertz CT molecular complexity index is 679. The molecule has 0 saturated heterocycles. The number of amides is 2. The summed E-state index contributed by atoms with van der Waals surface area (Å²) in [5, 5.41) is 4.78. The highest BCUT2D eigenvalue weighted by Gasteiger charge is 2.21.